The number of hydrogen-bond acceptors (Lipinski definition) is 5. The first-order valence-corrected chi connectivity index (χ1v) is 4.77. The molecule has 92 valence electrons. The van der Waals surface area contributed by atoms with Gasteiger partial charge in [0.2, 0.25) is 0 Å². The highest BCUT2D eigenvalue weighted by Crippen LogP contribution is 2.27. The molecule has 0 bridgehead atoms. The molecule has 1 aromatic rings. The summed E-state index contributed by atoms with van der Waals surface area (Å²) < 4.78 is 10.1. The Morgan fingerprint density at radius 1 is 1.29 bits per heavy atom. The van der Waals surface area contributed by atoms with Gasteiger partial charge in [0.05, 0.1) is 14.2 Å². The summed E-state index contributed by atoms with van der Waals surface area (Å²) in [7, 11) is 3.00. The van der Waals surface area contributed by atoms with Crippen LogP contribution in [0.2, 0.25) is 0 Å². The second-order valence-corrected chi connectivity index (χ2v) is 3.22. The summed E-state index contributed by atoms with van der Waals surface area (Å²) in [5, 5.41) is 20.0. The molecule has 17 heavy (non-hydrogen) atoms. The molecule has 6 nitrogen and oxygen atoms in total. The third-order valence-corrected chi connectivity index (χ3v) is 2.19. The minimum Gasteiger partial charge on any atom is -0.493 e. The predicted octanol–water partition coefficient (Wildman–Crippen LogP) is 1.16. The number of oxime groups is 1. The highest BCUT2D eigenvalue weighted by Gasteiger charge is 2.12. The van der Waals surface area contributed by atoms with Crippen LogP contribution in [0.25, 0.3) is 0 Å². The molecule has 0 unspecified atom stereocenters. The van der Waals surface area contributed by atoms with E-state index in [0.717, 1.165) is 0 Å². The topological polar surface area (TPSA) is 88.4 Å². The van der Waals surface area contributed by atoms with Crippen LogP contribution >= 0.6 is 0 Å². The molecule has 0 radical (unpaired) electrons. The number of hydrogen-bond donors (Lipinski definition) is 2. The molecule has 0 aliphatic carbocycles. The molecule has 0 amide bonds. The van der Waals surface area contributed by atoms with Gasteiger partial charge >= 0.3 is 5.97 Å². The second-order valence-electron chi connectivity index (χ2n) is 3.22. The standard InChI is InChI=1S/C11H13NO5/c1-16-9-4-3-7(6-10(9)17-2)5-8(12-15)11(13)14/h3-4,6,15H,5H2,1-2H3,(H,13,14)/b12-8+. The first kappa shape index (κ1) is 12.8. The van der Waals surface area contributed by atoms with Gasteiger partial charge in [-0.2, -0.15) is 0 Å². The monoisotopic (exact) mass is 239 g/mol. The van der Waals surface area contributed by atoms with Crippen molar-refractivity contribution in [3.63, 3.8) is 0 Å². The summed E-state index contributed by atoms with van der Waals surface area (Å²) in [6.45, 7) is 0. The van der Waals surface area contributed by atoms with Crippen LogP contribution in [-0.4, -0.2) is 36.2 Å². The zero-order valence-electron chi connectivity index (χ0n) is 9.51. The minimum atomic E-state index is -1.26. The lowest BCUT2D eigenvalue weighted by Crippen LogP contribution is -2.15. The van der Waals surface area contributed by atoms with Gasteiger partial charge in [-0.3, -0.25) is 0 Å². The van der Waals surface area contributed by atoms with Crippen molar-refractivity contribution in [2.75, 3.05) is 14.2 Å². The lowest BCUT2D eigenvalue weighted by molar-refractivity contribution is -0.129. The Labute approximate surface area is 98.1 Å². The molecule has 1 rings (SSSR count). The fraction of sp³-hybridized carbons (Fsp3) is 0.273. The van der Waals surface area contributed by atoms with E-state index in [4.69, 9.17) is 19.8 Å². The second kappa shape index (κ2) is 5.74. The van der Waals surface area contributed by atoms with Gasteiger partial charge in [-0.1, -0.05) is 11.2 Å². The average molecular weight is 239 g/mol. The SMILES string of the molecule is COc1ccc(C/C(=N\O)C(=O)O)cc1OC. The maximum absolute atomic E-state index is 10.7. The van der Waals surface area contributed by atoms with Gasteiger partial charge < -0.3 is 19.8 Å². The van der Waals surface area contributed by atoms with Crippen LogP contribution in [-0.2, 0) is 11.2 Å². The lowest BCUT2D eigenvalue weighted by atomic mass is 10.1. The maximum atomic E-state index is 10.7. The van der Waals surface area contributed by atoms with Crippen molar-refractivity contribution >= 4 is 11.7 Å². The van der Waals surface area contributed by atoms with E-state index in [0.29, 0.717) is 17.1 Å². The summed E-state index contributed by atoms with van der Waals surface area (Å²) >= 11 is 0. The molecule has 0 spiro atoms. The Morgan fingerprint density at radius 3 is 2.41 bits per heavy atom. The smallest absolute Gasteiger partial charge is 0.354 e. The number of nitrogens with zero attached hydrogens (tertiary/aromatic N) is 1. The van der Waals surface area contributed by atoms with Crippen molar-refractivity contribution in [3.05, 3.63) is 23.8 Å². The number of benzene rings is 1. The first-order valence-electron chi connectivity index (χ1n) is 4.77. The Kier molecular flexibility index (Phi) is 4.33. The summed E-state index contributed by atoms with van der Waals surface area (Å²) in [5.41, 5.74) is 0.315. The number of carboxylic acids is 1. The zero-order chi connectivity index (χ0) is 12.8. The Morgan fingerprint density at radius 2 is 1.94 bits per heavy atom. The van der Waals surface area contributed by atoms with Gasteiger partial charge in [0.15, 0.2) is 17.2 Å². The molecule has 0 aliphatic heterocycles. The molecule has 0 aliphatic rings. The van der Waals surface area contributed by atoms with Crippen LogP contribution in [0.3, 0.4) is 0 Å². The zero-order valence-corrected chi connectivity index (χ0v) is 9.51. The molecule has 1 aromatic carbocycles. The number of methoxy groups -OCH3 is 2. The third kappa shape index (κ3) is 3.10. The predicted molar refractivity (Wildman–Crippen MR) is 60.1 cm³/mol. The van der Waals surface area contributed by atoms with Gasteiger partial charge in [0.25, 0.3) is 0 Å². The number of carbonyl (C=O) groups is 1. The van der Waals surface area contributed by atoms with E-state index in [1.807, 2.05) is 0 Å². The van der Waals surface area contributed by atoms with Crippen molar-refractivity contribution in [1.29, 1.82) is 0 Å². The molecule has 0 saturated heterocycles. The minimum absolute atomic E-state index is 0.00614. The molecular weight excluding hydrogens is 226 g/mol. The number of ether oxygens (including phenoxy) is 2. The fourth-order valence-corrected chi connectivity index (χ4v) is 1.34. The van der Waals surface area contributed by atoms with Crippen molar-refractivity contribution < 1.29 is 24.6 Å². The van der Waals surface area contributed by atoms with E-state index < -0.39 is 5.97 Å². The maximum Gasteiger partial charge on any atom is 0.354 e. The quantitative estimate of drug-likeness (QED) is 0.457. The molecule has 0 atom stereocenters. The number of rotatable bonds is 5. The molecule has 0 aromatic heterocycles. The van der Waals surface area contributed by atoms with Gasteiger partial charge in [-0.25, -0.2) is 4.79 Å². The largest absolute Gasteiger partial charge is 0.493 e. The third-order valence-electron chi connectivity index (χ3n) is 2.19. The van der Waals surface area contributed by atoms with Crippen LogP contribution in [0.4, 0.5) is 0 Å². The average Bonchev–Trinajstić information content (AvgIpc) is 2.35. The van der Waals surface area contributed by atoms with E-state index >= 15 is 0 Å². The van der Waals surface area contributed by atoms with Crippen molar-refractivity contribution in [1.82, 2.24) is 0 Å². The summed E-state index contributed by atoms with van der Waals surface area (Å²) in [6, 6.07) is 4.97. The Bertz CT molecular complexity index is 441. The molecule has 2 N–H and O–H groups in total. The van der Waals surface area contributed by atoms with E-state index in [1.165, 1.54) is 14.2 Å². The Balaban J connectivity index is 2.97. The summed E-state index contributed by atoms with van der Waals surface area (Å²) in [6.07, 6.45) is 0.00614. The molecule has 6 heteroatoms. The molecule has 0 fully saturated rings. The van der Waals surface area contributed by atoms with E-state index in [1.54, 1.807) is 18.2 Å². The fourth-order valence-electron chi connectivity index (χ4n) is 1.34. The van der Waals surface area contributed by atoms with Gasteiger partial charge in [0.1, 0.15) is 0 Å². The van der Waals surface area contributed by atoms with Crippen molar-refractivity contribution in [3.8, 4) is 11.5 Å². The summed E-state index contributed by atoms with van der Waals surface area (Å²) in [4.78, 5) is 10.7. The van der Waals surface area contributed by atoms with Crippen LogP contribution in [0.1, 0.15) is 5.56 Å². The molecular formula is C11H13NO5. The van der Waals surface area contributed by atoms with E-state index in [9.17, 15) is 4.79 Å². The first-order chi connectivity index (χ1) is 8.12. The van der Waals surface area contributed by atoms with Crippen molar-refractivity contribution in [2.45, 2.75) is 6.42 Å². The Hall–Kier alpha value is -2.24. The van der Waals surface area contributed by atoms with Crippen LogP contribution in [0.5, 0.6) is 11.5 Å². The number of aliphatic carboxylic acids is 1. The van der Waals surface area contributed by atoms with Crippen LogP contribution < -0.4 is 9.47 Å². The molecule has 0 saturated carbocycles. The van der Waals surface area contributed by atoms with Crippen molar-refractivity contribution in [2.24, 2.45) is 5.16 Å². The van der Waals surface area contributed by atoms with Gasteiger partial charge in [-0.15, -0.1) is 0 Å². The highest BCUT2D eigenvalue weighted by molar-refractivity contribution is 6.35. The van der Waals surface area contributed by atoms with E-state index in [-0.39, 0.29) is 12.1 Å². The highest BCUT2D eigenvalue weighted by atomic mass is 16.5. The lowest BCUT2D eigenvalue weighted by Gasteiger charge is -2.09. The van der Waals surface area contributed by atoms with Gasteiger partial charge in [-0.05, 0) is 17.7 Å². The van der Waals surface area contributed by atoms with Crippen LogP contribution in [0, 0.1) is 0 Å². The van der Waals surface area contributed by atoms with E-state index in [2.05, 4.69) is 5.16 Å². The van der Waals surface area contributed by atoms with Crippen LogP contribution in [0.15, 0.2) is 23.4 Å². The normalized spacial score (nSPS) is 11.1. The summed E-state index contributed by atoms with van der Waals surface area (Å²) in [5.74, 6) is -0.218. The number of carboxylic acid groups (broad SMARTS) is 1. The van der Waals surface area contributed by atoms with Gasteiger partial charge in [0, 0.05) is 6.42 Å². The molecule has 0 heterocycles.